The highest BCUT2D eigenvalue weighted by Gasteiger charge is 2.47. The zero-order chi connectivity index (χ0) is 104. The molecule has 0 atom stereocenters. The molecule has 0 unspecified atom stereocenters. The molecule has 21 aromatic carbocycles. The summed E-state index contributed by atoms with van der Waals surface area (Å²) in [4.78, 5) is 171. The summed E-state index contributed by atoms with van der Waals surface area (Å²) in [5.41, 5.74) is 0.791. The molecule has 6 aliphatic heterocycles. The molecule has 6 aliphatic rings. The number of benzene rings is 21. The standard InChI is InChI=1S/C42H20F10N2O4.2C38H20F2N2O4/c43-25-13-21-29-22(38(56)53(37(21)55)11-9-17-1-5-19(6-2-17)41(47,48)49)14-26(44)32-34-28(46)16-24-30-23(15-27(45)33(36(30)34)31(25)35(29)32)39(57)54(40(24)58)12-10-18-3-7-20(8-4-18)42(50,51)52;39-27-15-25-29-23(35(43)41(37(25)45)17-19-7-3-1-4-8-19)13-11-21-32-28(40)16-26-30-24(14-12-22(34(30)32)31(27)33(21)29)36(44)42(38(26)46)18-20-9-5-2-6-10-20;39-27-15-25-31-26(38(46)42(37(25)45)18-20-9-5-2-6-10-20)16-28(40)33-22-12-14-24-30-23(13-11-21(29(22)30)32(27)34(31)33)35(43)41(36(24)44)17-19-7-3-1-4-8-19/h1-8,13-16H,9-12H2;2*1-16H,17-18H2. The van der Waals surface area contributed by atoms with Gasteiger partial charge in [0.25, 0.3) is 70.9 Å². The lowest BCUT2D eigenvalue weighted by molar-refractivity contribution is -0.138. The van der Waals surface area contributed by atoms with E-state index in [4.69, 9.17) is 0 Å². The highest BCUT2D eigenvalue weighted by Crippen LogP contribution is 2.55. The first-order chi connectivity index (χ1) is 72.0. The first-order valence-electron chi connectivity index (χ1n) is 46.8. The first-order valence-corrected chi connectivity index (χ1v) is 46.8. The van der Waals surface area contributed by atoms with E-state index in [1.165, 1.54) is 17.0 Å². The smallest absolute Gasteiger partial charge is 0.274 e. The molecule has 0 fully saturated rings. The molecule has 732 valence electrons. The molecule has 0 saturated heterocycles. The van der Waals surface area contributed by atoms with Crippen LogP contribution in [0, 0.1) is 46.5 Å². The summed E-state index contributed by atoms with van der Waals surface area (Å²) in [6.45, 7) is -0.771. The van der Waals surface area contributed by atoms with Crippen LogP contribution in [0.4, 0.5) is 61.5 Å². The van der Waals surface area contributed by atoms with Crippen LogP contribution in [0.15, 0.2) is 267 Å². The molecule has 18 nitrogen and oxygen atoms in total. The van der Waals surface area contributed by atoms with Crippen molar-refractivity contribution in [1.29, 1.82) is 0 Å². The van der Waals surface area contributed by atoms with Gasteiger partial charge in [0.15, 0.2) is 0 Å². The number of alkyl halides is 6. The van der Waals surface area contributed by atoms with Crippen LogP contribution >= 0.6 is 0 Å². The molecule has 21 aromatic rings. The van der Waals surface area contributed by atoms with Gasteiger partial charge in [-0.15, -0.1) is 0 Å². The van der Waals surface area contributed by atoms with E-state index in [0.717, 1.165) is 104 Å². The fourth-order valence-corrected chi connectivity index (χ4v) is 22.7. The predicted molar refractivity (Wildman–Crippen MR) is 526 cm³/mol. The van der Waals surface area contributed by atoms with Crippen LogP contribution in [0.1, 0.15) is 169 Å². The van der Waals surface area contributed by atoms with Gasteiger partial charge in [0.05, 0.1) is 81.8 Å². The molecule has 32 heteroatoms. The maximum absolute atomic E-state index is 16.5. The van der Waals surface area contributed by atoms with Crippen molar-refractivity contribution in [2.45, 2.75) is 51.4 Å². The molecule has 150 heavy (non-hydrogen) atoms. The highest BCUT2D eigenvalue weighted by atomic mass is 19.4. The Morgan fingerprint density at radius 2 is 0.353 bits per heavy atom. The Balaban J connectivity index is 0.000000118. The third-order valence-corrected chi connectivity index (χ3v) is 29.4. The van der Waals surface area contributed by atoms with E-state index in [1.54, 1.807) is 109 Å². The minimum absolute atomic E-state index is 0.0102. The van der Waals surface area contributed by atoms with Crippen molar-refractivity contribution in [3.05, 3.63) is 425 Å². The van der Waals surface area contributed by atoms with Crippen molar-refractivity contribution in [3.8, 4) is 0 Å². The Morgan fingerprint density at radius 1 is 0.167 bits per heavy atom. The van der Waals surface area contributed by atoms with E-state index in [1.807, 2.05) is 48.5 Å². The largest absolute Gasteiger partial charge is 0.416 e. The Bertz CT molecular complexity index is 9190. The van der Waals surface area contributed by atoms with Crippen molar-refractivity contribution in [2.24, 2.45) is 0 Å². The van der Waals surface area contributed by atoms with Crippen molar-refractivity contribution < 1.29 is 119 Å². The van der Waals surface area contributed by atoms with Crippen molar-refractivity contribution in [3.63, 3.8) is 0 Å². The molecule has 12 amide bonds. The van der Waals surface area contributed by atoms with E-state index in [9.17, 15) is 83.9 Å². The minimum atomic E-state index is -4.61. The number of hydrogen-bond acceptors (Lipinski definition) is 12. The average Bonchev–Trinajstić information content (AvgIpc) is 0.688. The van der Waals surface area contributed by atoms with Crippen LogP contribution in [-0.4, -0.2) is 113 Å². The molecular weight excluding hydrogens is 1960 g/mol. The molecule has 27 rings (SSSR count). The van der Waals surface area contributed by atoms with Crippen LogP contribution in [-0.2, 0) is 51.4 Å². The lowest BCUT2D eigenvalue weighted by Crippen LogP contribution is -2.42. The molecule has 0 aromatic heterocycles. The number of rotatable bonds is 14. The van der Waals surface area contributed by atoms with E-state index in [-0.39, 0.29) is 159 Å². The number of amides is 12. The molecule has 0 saturated carbocycles. The van der Waals surface area contributed by atoms with Gasteiger partial charge >= 0.3 is 12.4 Å². The van der Waals surface area contributed by atoms with E-state index < -0.39 is 209 Å². The van der Waals surface area contributed by atoms with Gasteiger partial charge in [0.1, 0.15) is 46.5 Å². The maximum Gasteiger partial charge on any atom is 0.416 e. The number of halogens is 14. The quantitative estimate of drug-likeness (QED) is 0.0429. The van der Waals surface area contributed by atoms with Crippen LogP contribution in [0.25, 0.3) is 129 Å². The Kier molecular flexibility index (Phi) is 20.6. The second-order valence-electron chi connectivity index (χ2n) is 37.5. The summed E-state index contributed by atoms with van der Waals surface area (Å²) >= 11 is 0. The molecule has 0 bridgehead atoms. The summed E-state index contributed by atoms with van der Waals surface area (Å²) in [6.07, 6.45) is -9.47. The van der Waals surface area contributed by atoms with Crippen LogP contribution in [0.2, 0.25) is 0 Å². The van der Waals surface area contributed by atoms with Crippen LogP contribution < -0.4 is 0 Å². The van der Waals surface area contributed by atoms with Crippen LogP contribution in [0.5, 0.6) is 0 Å². The Hall–Kier alpha value is -18.6. The fourth-order valence-electron chi connectivity index (χ4n) is 22.7. The van der Waals surface area contributed by atoms with E-state index in [2.05, 4.69) is 0 Å². The van der Waals surface area contributed by atoms with Gasteiger partial charge in [0.2, 0.25) is 0 Å². The SMILES string of the molecule is O=C1c2cc(F)c3c4c(F)cc5c6c(cc(F)c(c7c(F)cc(c2c37)C(=O)N1CCc1ccc(C(F)(F)F)cc1)c64)C(=O)N(CCc1ccc(C(F)(F)F)cc1)C5=O.O=C1c2ccc3c4c(F)cc5c6c(cc(F)c(c7ccc(c2c37)C(=O)N1Cc1ccccc1)c64)C(=O)N(Cc1ccccc1)C5=O.O=C1c2ccc3c4c(F)cc5c6c(ccc(c7c(F)cc(c2c37)C(=O)N1Cc1ccccc1)c64)C(=O)N(Cc1ccccc1)C5=O. The van der Waals surface area contributed by atoms with Crippen molar-refractivity contribution >= 4 is 200 Å². The Labute approximate surface area is 833 Å². The fraction of sp³-hybridized carbons (Fsp3) is 0.0847. The van der Waals surface area contributed by atoms with Crippen molar-refractivity contribution in [2.75, 3.05) is 13.1 Å². The van der Waals surface area contributed by atoms with Gasteiger partial charge in [-0.05, 0) is 170 Å². The predicted octanol–water partition coefficient (Wildman–Crippen LogP) is 25.2. The topological polar surface area (TPSA) is 224 Å². The van der Waals surface area contributed by atoms with Gasteiger partial charge in [-0.1, -0.05) is 170 Å². The zero-order valence-corrected chi connectivity index (χ0v) is 76.9. The lowest BCUT2D eigenvalue weighted by Gasteiger charge is -2.30. The van der Waals surface area contributed by atoms with Gasteiger partial charge in [-0.25, -0.2) is 35.1 Å². The average molecular weight is 2020 g/mol. The number of fused-ring (bicyclic) bond motifs is 6. The monoisotopic (exact) mass is 2020 g/mol. The summed E-state index contributed by atoms with van der Waals surface area (Å²) in [6, 6.07) is 63.8. The van der Waals surface area contributed by atoms with Crippen LogP contribution in [0.3, 0.4) is 0 Å². The molecular formula is C118H60F14N6O12. The summed E-state index contributed by atoms with van der Waals surface area (Å²) in [5.74, 6) is -17.1. The first kappa shape index (κ1) is 92.5. The van der Waals surface area contributed by atoms with E-state index in [0.29, 0.717) is 72.3 Å². The Morgan fingerprint density at radius 3 is 0.587 bits per heavy atom. The zero-order valence-electron chi connectivity index (χ0n) is 76.9. The number of hydrogen-bond donors (Lipinski definition) is 0. The molecule has 0 radical (unpaired) electrons. The van der Waals surface area contributed by atoms with E-state index >= 15 is 35.1 Å². The second kappa shape index (κ2) is 33.5. The lowest BCUT2D eigenvalue weighted by atomic mass is 9.81. The molecule has 0 aliphatic carbocycles. The third kappa shape index (κ3) is 13.6. The molecule has 0 spiro atoms. The number of carbonyl (C=O) groups is 12. The van der Waals surface area contributed by atoms with Gasteiger partial charge < -0.3 is 0 Å². The normalized spacial score (nSPS) is 14.6. The minimum Gasteiger partial charge on any atom is -0.274 e. The third-order valence-electron chi connectivity index (χ3n) is 29.4. The van der Waals surface area contributed by atoms with Crippen molar-refractivity contribution in [1.82, 2.24) is 29.4 Å². The van der Waals surface area contributed by atoms with Gasteiger partial charge in [-0.2, -0.15) is 26.3 Å². The molecule has 0 N–H and O–H groups in total. The highest BCUT2D eigenvalue weighted by molar-refractivity contribution is 6.46. The number of carbonyl (C=O) groups excluding carboxylic acids is 12. The number of imide groups is 6. The summed E-state index contributed by atoms with van der Waals surface area (Å²) < 4.78 is 210. The second-order valence-corrected chi connectivity index (χ2v) is 37.5. The number of nitrogens with zero attached hydrogens (tertiary/aromatic N) is 6. The summed E-state index contributed by atoms with van der Waals surface area (Å²) in [5, 5.41) is -0.735. The molecule has 6 heterocycles. The summed E-state index contributed by atoms with van der Waals surface area (Å²) in [7, 11) is 0. The van der Waals surface area contributed by atoms with Gasteiger partial charge in [-0.3, -0.25) is 86.9 Å². The van der Waals surface area contributed by atoms with Gasteiger partial charge in [0, 0.05) is 138 Å². The maximum atomic E-state index is 16.5.